The summed E-state index contributed by atoms with van der Waals surface area (Å²) in [7, 11) is 2.09. The Morgan fingerprint density at radius 2 is 2.11 bits per heavy atom. The van der Waals surface area contributed by atoms with Crippen LogP contribution in [0.4, 0.5) is 0 Å². The number of nitrogens with zero attached hydrogens (tertiary/aromatic N) is 3. The lowest BCUT2D eigenvalue weighted by Gasteiger charge is -2.16. The van der Waals surface area contributed by atoms with E-state index in [0.29, 0.717) is 0 Å². The summed E-state index contributed by atoms with van der Waals surface area (Å²) >= 11 is 0. The number of hydrogen-bond acceptors (Lipinski definition) is 3. The Balaban J connectivity index is 2.00. The topological polar surface area (TPSA) is 44.8 Å². The van der Waals surface area contributed by atoms with Crippen molar-refractivity contribution in [2.45, 2.75) is 33.4 Å². The molecule has 18 heavy (non-hydrogen) atoms. The number of imidazole rings is 1. The van der Waals surface area contributed by atoms with Crippen molar-refractivity contribution in [1.29, 1.82) is 0 Å². The molecule has 96 valence electrons. The van der Waals surface area contributed by atoms with Gasteiger partial charge in [-0.05, 0) is 32.0 Å². The number of aromatic amines is 1. The SMILES string of the molecule is CCc1cccnc1CN(C)Cc1ncc(C)[nH]1. The molecule has 2 aromatic heterocycles. The van der Waals surface area contributed by atoms with Crippen molar-refractivity contribution in [2.24, 2.45) is 0 Å². The summed E-state index contributed by atoms with van der Waals surface area (Å²) in [5.41, 5.74) is 3.58. The highest BCUT2D eigenvalue weighted by Crippen LogP contribution is 2.10. The maximum absolute atomic E-state index is 4.46. The quantitative estimate of drug-likeness (QED) is 0.877. The van der Waals surface area contributed by atoms with Gasteiger partial charge in [-0.1, -0.05) is 13.0 Å². The zero-order chi connectivity index (χ0) is 13.0. The predicted molar refractivity (Wildman–Crippen MR) is 72.1 cm³/mol. The Morgan fingerprint density at radius 1 is 1.28 bits per heavy atom. The molecule has 0 radical (unpaired) electrons. The van der Waals surface area contributed by atoms with E-state index in [2.05, 4.69) is 39.9 Å². The van der Waals surface area contributed by atoms with E-state index in [1.807, 2.05) is 25.4 Å². The van der Waals surface area contributed by atoms with E-state index in [4.69, 9.17) is 0 Å². The van der Waals surface area contributed by atoms with Crippen molar-refractivity contribution in [3.63, 3.8) is 0 Å². The fourth-order valence-electron chi connectivity index (χ4n) is 2.05. The first-order valence-corrected chi connectivity index (χ1v) is 6.31. The van der Waals surface area contributed by atoms with E-state index in [9.17, 15) is 0 Å². The van der Waals surface area contributed by atoms with Crippen molar-refractivity contribution < 1.29 is 0 Å². The van der Waals surface area contributed by atoms with E-state index < -0.39 is 0 Å². The Bertz CT molecular complexity index is 504. The highest BCUT2D eigenvalue weighted by atomic mass is 15.1. The van der Waals surface area contributed by atoms with Crippen LogP contribution in [-0.2, 0) is 19.5 Å². The molecule has 0 bridgehead atoms. The first-order chi connectivity index (χ1) is 8.69. The minimum absolute atomic E-state index is 0.813. The first kappa shape index (κ1) is 12.8. The average Bonchev–Trinajstić information content (AvgIpc) is 2.75. The van der Waals surface area contributed by atoms with Gasteiger partial charge in [0.15, 0.2) is 0 Å². The Kier molecular flexibility index (Phi) is 4.10. The van der Waals surface area contributed by atoms with Gasteiger partial charge in [0.2, 0.25) is 0 Å². The second-order valence-corrected chi connectivity index (χ2v) is 4.65. The third-order valence-corrected chi connectivity index (χ3v) is 2.96. The highest BCUT2D eigenvalue weighted by molar-refractivity contribution is 5.19. The lowest BCUT2D eigenvalue weighted by Crippen LogP contribution is -2.19. The van der Waals surface area contributed by atoms with Gasteiger partial charge in [-0.2, -0.15) is 0 Å². The number of pyridine rings is 1. The van der Waals surface area contributed by atoms with Gasteiger partial charge in [0.05, 0.1) is 12.2 Å². The van der Waals surface area contributed by atoms with Crippen LogP contribution in [0.3, 0.4) is 0 Å². The molecule has 0 aliphatic carbocycles. The molecule has 0 saturated heterocycles. The third kappa shape index (κ3) is 3.17. The van der Waals surface area contributed by atoms with Gasteiger partial charge in [-0.25, -0.2) is 4.98 Å². The van der Waals surface area contributed by atoms with Crippen LogP contribution in [0.5, 0.6) is 0 Å². The summed E-state index contributed by atoms with van der Waals surface area (Å²) in [5.74, 6) is 1.00. The monoisotopic (exact) mass is 244 g/mol. The van der Waals surface area contributed by atoms with E-state index in [1.165, 1.54) is 5.56 Å². The van der Waals surface area contributed by atoms with Gasteiger partial charge in [-0.3, -0.25) is 9.88 Å². The fourth-order valence-corrected chi connectivity index (χ4v) is 2.05. The summed E-state index contributed by atoms with van der Waals surface area (Å²) in [6.45, 7) is 5.85. The van der Waals surface area contributed by atoms with Crippen LogP contribution >= 0.6 is 0 Å². The van der Waals surface area contributed by atoms with Gasteiger partial charge in [0, 0.05) is 24.6 Å². The van der Waals surface area contributed by atoms with E-state index in [0.717, 1.165) is 36.7 Å². The molecule has 0 aromatic carbocycles. The molecule has 0 aliphatic rings. The molecule has 0 saturated carbocycles. The molecule has 1 N–H and O–H groups in total. The second-order valence-electron chi connectivity index (χ2n) is 4.65. The first-order valence-electron chi connectivity index (χ1n) is 6.31. The third-order valence-electron chi connectivity index (χ3n) is 2.96. The summed E-state index contributed by atoms with van der Waals surface area (Å²) < 4.78 is 0. The van der Waals surface area contributed by atoms with Crippen molar-refractivity contribution in [1.82, 2.24) is 19.9 Å². The lowest BCUT2D eigenvalue weighted by molar-refractivity contribution is 0.306. The maximum atomic E-state index is 4.46. The molecule has 4 heteroatoms. The second kappa shape index (κ2) is 5.78. The maximum Gasteiger partial charge on any atom is 0.120 e. The van der Waals surface area contributed by atoms with Crippen LogP contribution in [0.2, 0.25) is 0 Å². The number of aryl methyl sites for hydroxylation is 2. The Labute approximate surface area is 108 Å². The molecule has 2 heterocycles. The minimum Gasteiger partial charge on any atom is -0.345 e. The molecule has 0 spiro atoms. The number of rotatable bonds is 5. The van der Waals surface area contributed by atoms with Crippen molar-refractivity contribution in [2.75, 3.05) is 7.05 Å². The molecule has 0 atom stereocenters. The zero-order valence-corrected chi connectivity index (χ0v) is 11.3. The van der Waals surface area contributed by atoms with Gasteiger partial charge in [-0.15, -0.1) is 0 Å². The van der Waals surface area contributed by atoms with Crippen LogP contribution in [0.1, 0.15) is 29.7 Å². The largest absolute Gasteiger partial charge is 0.345 e. The van der Waals surface area contributed by atoms with Crippen LogP contribution < -0.4 is 0 Å². The Hall–Kier alpha value is -1.68. The molecule has 4 nitrogen and oxygen atoms in total. The summed E-state index contributed by atoms with van der Waals surface area (Å²) in [4.78, 5) is 14.3. The molecule has 2 aromatic rings. The summed E-state index contributed by atoms with van der Waals surface area (Å²) in [6.07, 6.45) is 4.75. The molecular formula is C14H20N4. The molecule has 0 unspecified atom stereocenters. The average molecular weight is 244 g/mol. The molecule has 0 amide bonds. The van der Waals surface area contributed by atoms with E-state index in [1.54, 1.807) is 0 Å². The molecule has 0 aliphatic heterocycles. The number of nitrogens with one attached hydrogen (secondary N) is 1. The number of aromatic nitrogens is 3. The van der Waals surface area contributed by atoms with Crippen LogP contribution in [0.25, 0.3) is 0 Å². The van der Waals surface area contributed by atoms with Crippen molar-refractivity contribution in [3.8, 4) is 0 Å². The van der Waals surface area contributed by atoms with Crippen LogP contribution in [0, 0.1) is 6.92 Å². The minimum atomic E-state index is 0.813. The van der Waals surface area contributed by atoms with Gasteiger partial charge in [0.25, 0.3) is 0 Å². The van der Waals surface area contributed by atoms with Crippen molar-refractivity contribution in [3.05, 3.63) is 47.3 Å². The summed E-state index contributed by atoms with van der Waals surface area (Å²) in [5, 5.41) is 0. The van der Waals surface area contributed by atoms with Gasteiger partial charge in [0.1, 0.15) is 5.82 Å². The fraction of sp³-hybridized carbons (Fsp3) is 0.429. The normalized spacial score (nSPS) is 11.1. The van der Waals surface area contributed by atoms with Crippen LogP contribution in [-0.4, -0.2) is 26.9 Å². The number of H-pyrrole nitrogens is 1. The number of hydrogen-bond donors (Lipinski definition) is 1. The van der Waals surface area contributed by atoms with Crippen molar-refractivity contribution >= 4 is 0 Å². The van der Waals surface area contributed by atoms with E-state index in [-0.39, 0.29) is 0 Å². The lowest BCUT2D eigenvalue weighted by atomic mass is 10.1. The molecular weight excluding hydrogens is 224 g/mol. The van der Waals surface area contributed by atoms with E-state index >= 15 is 0 Å². The Morgan fingerprint density at radius 3 is 2.78 bits per heavy atom. The zero-order valence-electron chi connectivity index (χ0n) is 11.3. The highest BCUT2D eigenvalue weighted by Gasteiger charge is 2.07. The predicted octanol–water partition coefficient (Wildman–Crippen LogP) is 2.31. The van der Waals surface area contributed by atoms with Gasteiger partial charge < -0.3 is 4.98 Å². The standard InChI is InChI=1S/C14H20N4/c1-4-12-6-5-7-15-13(12)9-18(3)10-14-16-8-11(2)17-14/h5-8H,4,9-10H2,1-3H3,(H,16,17). The van der Waals surface area contributed by atoms with Crippen LogP contribution in [0.15, 0.2) is 24.5 Å². The van der Waals surface area contributed by atoms with Gasteiger partial charge >= 0.3 is 0 Å². The smallest absolute Gasteiger partial charge is 0.120 e. The summed E-state index contributed by atoms with van der Waals surface area (Å²) in [6, 6.07) is 4.14. The molecule has 0 fully saturated rings. The molecule has 2 rings (SSSR count).